The molecule has 2 aliphatic rings. The fraction of sp³-hybridized carbons (Fsp3) is 0.444. The van der Waals surface area contributed by atoms with Crippen LogP contribution in [-0.2, 0) is 4.57 Å². The summed E-state index contributed by atoms with van der Waals surface area (Å²) < 4.78 is 17.9. The molecule has 20 heavy (non-hydrogen) atoms. The van der Waals surface area contributed by atoms with E-state index in [1.807, 2.05) is 18.9 Å². The number of hydrazone groups is 1. The van der Waals surface area contributed by atoms with Crippen LogP contribution in [0.25, 0.3) is 0 Å². The molecule has 2 unspecified atom stereocenters. The average Bonchev–Trinajstić information content (AvgIpc) is 3.10. The lowest BCUT2D eigenvalue weighted by molar-refractivity contribution is 0.323. The van der Waals surface area contributed by atoms with Gasteiger partial charge in [0, 0.05) is 7.05 Å². The highest BCUT2D eigenvalue weighted by atomic mass is 31.2. The van der Waals surface area contributed by atoms with Crippen LogP contribution in [0.1, 0.15) is 6.92 Å². The van der Waals surface area contributed by atoms with E-state index in [4.69, 9.17) is 0 Å². The average molecular weight is 295 g/mol. The molecule has 0 radical (unpaired) electrons. The largest absolute Gasteiger partial charge is 0.400 e. The van der Waals surface area contributed by atoms with E-state index in [0.717, 1.165) is 0 Å². The Balaban J connectivity index is 2.05. The predicted molar refractivity (Wildman–Crippen MR) is 74.3 cm³/mol. The van der Waals surface area contributed by atoms with Crippen molar-refractivity contribution in [1.29, 1.82) is 0 Å². The quantitative estimate of drug-likeness (QED) is 0.734. The summed E-state index contributed by atoms with van der Waals surface area (Å²) >= 11 is 0. The van der Waals surface area contributed by atoms with Gasteiger partial charge >= 0.3 is 7.59 Å². The van der Waals surface area contributed by atoms with Crippen molar-refractivity contribution < 1.29 is 4.57 Å². The number of nitrogens with zero attached hydrogens (tertiary/aromatic N) is 9. The summed E-state index contributed by atoms with van der Waals surface area (Å²) in [5, 5.41) is 8.20. The molecule has 0 amide bonds. The first-order valence-corrected chi connectivity index (χ1v) is 7.50. The van der Waals surface area contributed by atoms with Gasteiger partial charge in [0.05, 0.1) is 0 Å². The van der Waals surface area contributed by atoms with E-state index < -0.39 is 7.59 Å². The Hall–Kier alpha value is -2.22. The smallest absolute Gasteiger partial charge is 0.345 e. The summed E-state index contributed by atoms with van der Waals surface area (Å²) in [5.41, 5.74) is 0. The lowest BCUT2D eigenvalue weighted by Gasteiger charge is -2.36. The number of hydrogen-bond donors (Lipinski definition) is 0. The van der Waals surface area contributed by atoms with Crippen LogP contribution in [0.3, 0.4) is 0 Å². The van der Waals surface area contributed by atoms with Gasteiger partial charge in [-0.2, -0.15) is 19.4 Å². The third-order valence-electron chi connectivity index (χ3n) is 2.92. The molecule has 0 saturated heterocycles. The SMILES string of the molecule is CC1N=CN=CN1P(=O)(N1CN(C)C=N1)n1cncn1. The van der Waals surface area contributed by atoms with Crippen LogP contribution in [0.2, 0.25) is 0 Å². The maximum absolute atomic E-state index is 13.6. The van der Waals surface area contributed by atoms with Crippen LogP contribution in [0.15, 0.2) is 27.7 Å². The molecule has 3 rings (SSSR count). The summed E-state index contributed by atoms with van der Waals surface area (Å²) in [6.07, 6.45) is 6.96. The molecule has 106 valence electrons. The van der Waals surface area contributed by atoms with E-state index in [0.29, 0.717) is 6.67 Å². The van der Waals surface area contributed by atoms with Gasteiger partial charge in [0.15, 0.2) is 0 Å². The van der Waals surface area contributed by atoms with Gasteiger partial charge < -0.3 is 4.90 Å². The van der Waals surface area contributed by atoms with Crippen molar-refractivity contribution in [1.82, 2.24) is 28.9 Å². The van der Waals surface area contributed by atoms with Crippen molar-refractivity contribution in [3.8, 4) is 0 Å². The summed E-state index contributed by atoms with van der Waals surface area (Å²) in [4.78, 5) is 13.8. The Kier molecular flexibility index (Phi) is 3.01. The van der Waals surface area contributed by atoms with Crippen molar-refractivity contribution in [2.45, 2.75) is 13.1 Å². The standard InChI is InChI=1S/C9H14N9OP/c1-9-12-3-10-5-16(9)20(19,17-6-11-4-13-17)18-8-15(2)7-14-18/h3-7,9H,8H2,1-2H3. The molecule has 11 heteroatoms. The maximum Gasteiger partial charge on any atom is 0.400 e. The topological polar surface area (TPSA) is 94.6 Å². The second-order valence-electron chi connectivity index (χ2n) is 4.37. The van der Waals surface area contributed by atoms with Gasteiger partial charge in [-0.3, -0.25) is 4.67 Å². The Morgan fingerprint density at radius 1 is 1.35 bits per heavy atom. The van der Waals surface area contributed by atoms with Crippen molar-refractivity contribution in [3.63, 3.8) is 0 Å². The third kappa shape index (κ3) is 1.88. The minimum Gasteiger partial charge on any atom is -0.345 e. The summed E-state index contributed by atoms with van der Waals surface area (Å²) in [5.74, 6) is 0. The van der Waals surface area contributed by atoms with Crippen molar-refractivity contribution in [3.05, 3.63) is 12.7 Å². The second kappa shape index (κ2) is 4.71. The number of aromatic nitrogens is 3. The zero-order chi connectivity index (χ0) is 14.2. The zero-order valence-corrected chi connectivity index (χ0v) is 11.9. The van der Waals surface area contributed by atoms with E-state index in [-0.39, 0.29) is 6.17 Å². The fourth-order valence-electron chi connectivity index (χ4n) is 1.92. The molecule has 2 atom stereocenters. The van der Waals surface area contributed by atoms with E-state index >= 15 is 0 Å². The van der Waals surface area contributed by atoms with Gasteiger partial charge in [-0.1, -0.05) is 0 Å². The molecule has 2 aliphatic heterocycles. The Bertz CT molecular complexity index is 609. The van der Waals surface area contributed by atoms with Crippen molar-refractivity contribution in [2.24, 2.45) is 15.1 Å². The van der Waals surface area contributed by atoms with E-state index in [9.17, 15) is 4.57 Å². The summed E-state index contributed by atoms with van der Waals surface area (Å²) in [6.45, 7) is 2.21. The minimum absolute atomic E-state index is 0.330. The minimum atomic E-state index is -3.33. The Morgan fingerprint density at radius 2 is 2.20 bits per heavy atom. The van der Waals surface area contributed by atoms with Crippen molar-refractivity contribution >= 4 is 26.6 Å². The van der Waals surface area contributed by atoms with E-state index in [1.165, 1.54) is 34.6 Å². The molecule has 0 aliphatic carbocycles. The summed E-state index contributed by atoms with van der Waals surface area (Å²) in [7, 11) is -1.49. The normalized spacial score (nSPS) is 24.5. The molecular weight excluding hydrogens is 281 g/mol. The van der Waals surface area contributed by atoms with Crippen LogP contribution in [0.5, 0.6) is 0 Å². The van der Waals surface area contributed by atoms with Crippen LogP contribution < -0.4 is 0 Å². The maximum atomic E-state index is 13.6. The highest BCUT2D eigenvalue weighted by Gasteiger charge is 2.43. The summed E-state index contributed by atoms with van der Waals surface area (Å²) in [6, 6.07) is 0. The van der Waals surface area contributed by atoms with Gasteiger partial charge in [0.1, 0.15) is 44.5 Å². The zero-order valence-electron chi connectivity index (χ0n) is 11.1. The predicted octanol–water partition coefficient (Wildman–Crippen LogP) is 0.101. The van der Waals surface area contributed by atoms with Gasteiger partial charge in [-0.25, -0.2) is 19.5 Å². The highest BCUT2D eigenvalue weighted by molar-refractivity contribution is 7.58. The van der Waals surface area contributed by atoms with Gasteiger partial charge in [0.2, 0.25) is 0 Å². The number of aliphatic imine (C=N–C) groups is 2. The van der Waals surface area contributed by atoms with Crippen LogP contribution in [0.4, 0.5) is 0 Å². The molecule has 0 spiro atoms. The first-order valence-electron chi connectivity index (χ1n) is 5.94. The fourth-order valence-corrected chi connectivity index (χ4v) is 4.19. The lowest BCUT2D eigenvalue weighted by Crippen LogP contribution is -2.38. The molecule has 1 aromatic heterocycles. The Morgan fingerprint density at radius 3 is 2.80 bits per heavy atom. The van der Waals surface area contributed by atoms with Crippen molar-refractivity contribution in [2.75, 3.05) is 13.7 Å². The monoisotopic (exact) mass is 295 g/mol. The van der Waals surface area contributed by atoms with Crippen LogP contribution in [0, 0.1) is 0 Å². The molecule has 0 N–H and O–H groups in total. The number of hydrogen-bond acceptors (Lipinski definition) is 7. The van der Waals surface area contributed by atoms with E-state index in [1.54, 1.807) is 11.0 Å². The van der Waals surface area contributed by atoms with Crippen LogP contribution in [-0.4, -0.2) is 67.8 Å². The van der Waals surface area contributed by atoms with Gasteiger partial charge in [0.25, 0.3) is 0 Å². The third-order valence-corrected chi connectivity index (χ3v) is 5.53. The lowest BCUT2D eigenvalue weighted by atomic mass is 10.6. The molecule has 0 bridgehead atoms. The molecule has 1 aromatic rings. The molecule has 0 saturated carbocycles. The van der Waals surface area contributed by atoms with E-state index in [2.05, 4.69) is 25.2 Å². The molecule has 10 nitrogen and oxygen atoms in total. The van der Waals surface area contributed by atoms with Crippen LogP contribution >= 0.6 is 7.59 Å². The molecule has 0 fully saturated rings. The van der Waals surface area contributed by atoms with Gasteiger partial charge in [-0.05, 0) is 6.92 Å². The highest BCUT2D eigenvalue weighted by Crippen LogP contribution is 2.55. The Labute approximate surface area is 115 Å². The second-order valence-corrected chi connectivity index (χ2v) is 6.73. The van der Waals surface area contributed by atoms with Gasteiger partial charge in [-0.15, -0.1) is 0 Å². The molecular formula is C9H14N9OP. The molecule has 0 aromatic carbocycles. The number of rotatable bonds is 3. The first kappa shape index (κ1) is 12.8. The first-order chi connectivity index (χ1) is 9.62. The molecule has 3 heterocycles.